The first-order valence-electron chi connectivity index (χ1n) is 7.92. The molecule has 0 fully saturated rings. The smallest absolute Gasteiger partial charge is 0.338 e. The van der Waals surface area contributed by atoms with Gasteiger partial charge in [-0.15, -0.1) is 0 Å². The number of anilines is 2. The van der Waals surface area contributed by atoms with Crippen molar-refractivity contribution in [3.05, 3.63) is 60.4 Å². The van der Waals surface area contributed by atoms with E-state index < -0.39 is 0 Å². The third kappa shape index (κ3) is 2.78. The number of ether oxygens (including phenoxy) is 1. The third-order valence-corrected chi connectivity index (χ3v) is 3.82. The molecule has 0 saturated carbocycles. The molecule has 4 rings (SSSR count). The van der Waals surface area contributed by atoms with Crippen LogP contribution in [0.25, 0.3) is 22.1 Å². The van der Waals surface area contributed by atoms with Crippen LogP contribution in [0, 0.1) is 0 Å². The molecule has 0 atom stereocenters. The van der Waals surface area contributed by atoms with Crippen LogP contribution in [0.3, 0.4) is 0 Å². The number of hydrogen-bond acceptors (Lipinski definition) is 6. The molecule has 2 aromatic heterocycles. The molecule has 2 heterocycles. The van der Waals surface area contributed by atoms with Crippen LogP contribution in [0.2, 0.25) is 0 Å². The number of nitrogens with one attached hydrogen (secondary N) is 1. The summed E-state index contributed by atoms with van der Waals surface area (Å²) in [5.74, 6) is 0.237. The fraction of sp³-hybridized carbons (Fsp3) is 0.105. The number of hydrogen-bond donors (Lipinski definition) is 1. The SMILES string of the molecule is CCOC(=O)c1ccc(Nc2ncnc3c2oc2ccccc23)cc1. The van der Waals surface area contributed by atoms with E-state index in [2.05, 4.69) is 15.3 Å². The molecular weight excluding hydrogens is 318 g/mol. The second-order valence-electron chi connectivity index (χ2n) is 5.42. The van der Waals surface area contributed by atoms with Crippen molar-refractivity contribution in [3.8, 4) is 0 Å². The summed E-state index contributed by atoms with van der Waals surface area (Å²) in [6.45, 7) is 2.13. The van der Waals surface area contributed by atoms with Crippen molar-refractivity contribution in [2.24, 2.45) is 0 Å². The van der Waals surface area contributed by atoms with E-state index in [0.29, 0.717) is 23.6 Å². The summed E-state index contributed by atoms with van der Waals surface area (Å²) in [5.41, 5.74) is 3.41. The fourth-order valence-corrected chi connectivity index (χ4v) is 2.65. The minimum Gasteiger partial charge on any atom is -0.462 e. The molecule has 0 saturated heterocycles. The quantitative estimate of drug-likeness (QED) is 0.561. The molecule has 0 amide bonds. The van der Waals surface area contributed by atoms with Gasteiger partial charge in [0.15, 0.2) is 11.4 Å². The summed E-state index contributed by atoms with van der Waals surface area (Å²) < 4.78 is 10.9. The maximum absolute atomic E-state index is 11.7. The summed E-state index contributed by atoms with van der Waals surface area (Å²) in [5, 5.41) is 4.15. The molecular formula is C19H15N3O3. The monoisotopic (exact) mass is 333 g/mol. The van der Waals surface area contributed by atoms with Crippen molar-refractivity contribution in [1.82, 2.24) is 9.97 Å². The maximum atomic E-state index is 11.7. The molecule has 0 aliphatic rings. The third-order valence-electron chi connectivity index (χ3n) is 3.82. The minimum absolute atomic E-state index is 0.337. The first kappa shape index (κ1) is 15.1. The van der Waals surface area contributed by atoms with Gasteiger partial charge in [0.25, 0.3) is 0 Å². The Balaban J connectivity index is 1.68. The van der Waals surface area contributed by atoms with Crippen LogP contribution in [0.5, 0.6) is 0 Å². The highest BCUT2D eigenvalue weighted by Gasteiger charge is 2.13. The second-order valence-corrected chi connectivity index (χ2v) is 5.42. The Kier molecular flexibility index (Phi) is 3.78. The Bertz CT molecular complexity index is 1050. The number of carbonyl (C=O) groups is 1. The van der Waals surface area contributed by atoms with Gasteiger partial charge in [-0.25, -0.2) is 14.8 Å². The highest BCUT2D eigenvalue weighted by atomic mass is 16.5. The van der Waals surface area contributed by atoms with Crippen LogP contribution in [0.4, 0.5) is 11.5 Å². The van der Waals surface area contributed by atoms with Crippen LogP contribution in [0.15, 0.2) is 59.3 Å². The van der Waals surface area contributed by atoms with E-state index in [1.165, 1.54) is 6.33 Å². The lowest BCUT2D eigenvalue weighted by Gasteiger charge is -2.06. The Morgan fingerprint density at radius 2 is 1.92 bits per heavy atom. The number of esters is 1. The highest BCUT2D eigenvalue weighted by Crippen LogP contribution is 2.31. The average Bonchev–Trinajstić information content (AvgIpc) is 3.02. The summed E-state index contributed by atoms with van der Waals surface area (Å²) in [6, 6.07) is 14.7. The average molecular weight is 333 g/mol. The summed E-state index contributed by atoms with van der Waals surface area (Å²) in [4.78, 5) is 20.3. The van der Waals surface area contributed by atoms with E-state index in [9.17, 15) is 4.79 Å². The number of furan rings is 1. The standard InChI is InChI=1S/C19H15N3O3/c1-2-24-19(23)12-7-9-13(10-8-12)22-18-17-16(20-11-21-18)14-5-3-4-6-15(14)25-17/h3-11H,2H2,1H3,(H,20,21,22). The van der Waals surface area contributed by atoms with Gasteiger partial charge in [0, 0.05) is 11.1 Å². The van der Waals surface area contributed by atoms with Gasteiger partial charge in [-0.05, 0) is 43.3 Å². The lowest BCUT2D eigenvalue weighted by Crippen LogP contribution is -2.04. The zero-order chi connectivity index (χ0) is 17.2. The van der Waals surface area contributed by atoms with Crippen molar-refractivity contribution in [2.75, 3.05) is 11.9 Å². The lowest BCUT2D eigenvalue weighted by molar-refractivity contribution is 0.0526. The first-order valence-corrected chi connectivity index (χ1v) is 7.92. The van der Waals surface area contributed by atoms with Gasteiger partial charge >= 0.3 is 5.97 Å². The topological polar surface area (TPSA) is 77.2 Å². The number of fused-ring (bicyclic) bond motifs is 3. The van der Waals surface area contributed by atoms with Gasteiger partial charge in [0.2, 0.25) is 0 Å². The van der Waals surface area contributed by atoms with Crippen LogP contribution >= 0.6 is 0 Å². The van der Waals surface area contributed by atoms with Crippen LogP contribution in [0.1, 0.15) is 17.3 Å². The molecule has 4 aromatic rings. The molecule has 1 N–H and O–H groups in total. The summed E-state index contributed by atoms with van der Waals surface area (Å²) in [6.07, 6.45) is 1.50. The van der Waals surface area contributed by atoms with Crippen LogP contribution in [-0.4, -0.2) is 22.5 Å². The maximum Gasteiger partial charge on any atom is 0.338 e. The van der Waals surface area contributed by atoms with Crippen molar-refractivity contribution in [3.63, 3.8) is 0 Å². The van der Waals surface area contributed by atoms with Gasteiger partial charge in [-0.3, -0.25) is 0 Å². The number of para-hydroxylation sites is 1. The van der Waals surface area contributed by atoms with Crippen molar-refractivity contribution in [2.45, 2.75) is 6.92 Å². The molecule has 0 aliphatic heterocycles. The summed E-state index contributed by atoms with van der Waals surface area (Å²) in [7, 11) is 0. The van der Waals surface area contributed by atoms with Crippen LogP contribution < -0.4 is 5.32 Å². The molecule has 0 unspecified atom stereocenters. The van der Waals surface area contributed by atoms with E-state index in [1.54, 1.807) is 31.2 Å². The number of benzene rings is 2. The van der Waals surface area contributed by atoms with Gasteiger partial charge in [-0.1, -0.05) is 12.1 Å². The molecule has 6 nitrogen and oxygen atoms in total. The molecule has 25 heavy (non-hydrogen) atoms. The van der Waals surface area contributed by atoms with E-state index in [4.69, 9.17) is 9.15 Å². The van der Waals surface area contributed by atoms with E-state index in [1.807, 2.05) is 24.3 Å². The van der Waals surface area contributed by atoms with Crippen molar-refractivity contribution in [1.29, 1.82) is 0 Å². The number of carbonyl (C=O) groups excluding carboxylic acids is 1. The molecule has 0 aliphatic carbocycles. The van der Waals surface area contributed by atoms with Gasteiger partial charge in [0.1, 0.15) is 17.4 Å². The number of rotatable bonds is 4. The second kappa shape index (κ2) is 6.24. The Hall–Kier alpha value is -3.41. The normalized spacial score (nSPS) is 10.9. The molecule has 124 valence electrons. The van der Waals surface area contributed by atoms with Crippen molar-refractivity contribution < 1.29 is 13.9 Å². The minimum atomic E-state index is -0.337. The Morgan fingerprint density at radius 3 is 2.72 bits per heavy atom. The predicted octanol–water partition coefficient (Wildman–Crippen LogP) is 4.30. The number of aromatic nitrogens is 2. The lowest BCUT2D eigenvalue weighted by atomic mass is 10.2. The van der Waals surface area contributed by atoms with E-state index >= 15 is 0 Å². The van der Waals surface area contributed by atoms with E-state index in [-0.39, 0.29) is 5.97 Å². The van der Waals surface area contributed by atoms with Gasteiger partial charge in [0.05, 0.1) is 12.2 Å². The largest absolute Gasteiger partial charge is 0.462 e. The molecule has 6 heteroatoms. The highest BCUT2D eigenvalue weighted by molar-refractivity contribution is 6.05. The molecule has 0 spiro atoms. The zero-order valence-corrected chi connectivity index (χ0v) is 13.5. The fourth-order valence-electron chi connectivity index (χ4n) is 2.65. The molecule has 0 bridgehead atoms. The first-order chi connectivity index (χ1) is 12.3. The van der Waals surface area contributed by atoms with Crippen LogP contribution in [-0.2, 0) is 4.74 Å². The number of nitrogens with zero attached hydrogens (tertiary/aromatic N) is 2. The van der Waals surface area contributed by atoms with Crippen molar-refractivity contribution >= 4 is 39.5 Å². The summed E-state index contributed by atoms with van der Waals surface area (Å²) >= 11 is 0. The molecule has 0 radical (unpaired) electrons. The Morgan fingerprint density at radius 1 is 1.12 bits per heavy atom. The zero-order valence-electron chi connectivity index (χ0n) is 13.5. The van der Waals surface area contributed by atoms with Gasteiger partial charge < -0.3 is 14.5 Å². The molecule has 2 aromatic carbocycles. The Labute approximate surface area is 143 Å². The van der Waals surface area contributed by atoms with E-state index in [0.717, 1.165) is 22.2 Å². The predicted molar refractivity (Wildman–Crippen MR) is 95.0 cm³/mol. The van der Waals surface area contributed by atoms with Gasteiger partial charge in [-0.2, -0.15) is 0 Å².